The smallest absolute Gasteiger partial charge is 0.365 e. The molecule has 0 bridgehead atoms. The molecule has 0 aromatic heterocycles. The van der Waals surface area contributed by atoms with Crippen LogP contribution in [0.15, 0.2) is 35.2 Å². The SMILES string of the molecule is COC(=O)[C@@H]1CN(S(=O)(=O)c2ccccc2)CC[NH2+]1. The number of nitrogens with zero attached hydrogens (tertiary/aromatic N) is 1. The molecule has 1 aromatic rings. The van der Waals surface area contributed by atoms with Crippen LogP contribution in [0.5, 0.6) is 0 Å². The quantitative estimate of drug-likeness (QED) is 0.707. The van der Waals surface area contributed by atoms with Gasteiger partial charge in [-0.25, -0.2) is 13.2 Å². The minimum Gasteiger partial charge on any atom is -0.465 e. The highest BCUT2D eigenvalue weighted by Gasteiger charge is 2.36. The van der Waals surface area contributed by atoms with Gasteiger partial charge in [-0.1, -0.05) is 18.2 Å². The zero-order chi connectivity index (χ0) is 13.9. The molecule has 0 saturated carbocycles. The summed E-state index contributed by atoms with van der Waals surface area (Å²) in [7, 11) is -2.22. The van der Waals surface area contributed by atoms with Gasteiger partial charge in [0.2, 0.25) is 10.0 Å². The lowest BCUT2D eigenvalue weighted by Crippen LogP contribution is -2.97. The lowest BCUT2D eigenvalue weighted by molar-refractivity contribution is -0.684. The van der Waals surface area contributed by atoms with Gasteiger partial charge in [0.05, 0.1) is 31.6 Å². The number of carbonyl (C=O) groups is 1. The number of esters is 1. The van der Waals surface area contributed by atoms with Crippen LogP contribution in [0.2, 0.25) is 0 Å². The fraction of sp³-hybridized carbons (Fsp3) is 0.417. The molecular formula is C12H17N2O4S+. The van der Waals surface area contributed by atoms with E-state index in [1.165, 1.54) is 11.4 Å². The van der Waals surface area contributed by atoms with Gasteiger partial charge in [0, 0.05) is 0 Å². The van der Waals surface area contributed by atoms with Crippen LogP contribution < -0.4 is 5.32 Å². The van der Waals surface area contributed by atoms with Gasteiger partial charge < -0.3 is 10.1 Å². The molecule has 1 atom stereocenters. The molecule has 104 valence electrons. The molecule has 0 spiro atoms. The van der Waals surface area contributed by atoms with Gasteiger partial charge in [0.1, 0.15) is 0 Å². The lowest BCUT2D eigenvalue weighted by atomic mass is 10.2. The van der Waals surface area contributed by atoms with E-state index in [1.807, 2.05) is 5.32 Å². The minimum absolute atomic E-state index is 0.143. The van der Waals surface area contributed by atoms with E-state index in [9.17, 15) is 13.2 Å². The number of hydrogen-bond donors (Lipinski definition) is 1. The zero-order valence-corrected chi connectivity index (χ0v) is 11.5. The number of benzene rings is 1. The zero-order valence-electron chi connectivity index (χ0n) is 10.7. The van der Waals surface area contributed by atoms with Crippen LogP contribution >= 0.6 is 0 Å². The Morgan fingerprint density at radius 2 is 2.05 bits per heavy atom. The normalized spacial score (nSPS) is 21.0. The number of nitrogens with two attached hydrogens (primary N) is 1. The first-order valence-corrected chi connectivity index (χ1v) is 7.46. The van der Waals surface area contributed by atoms with Crippen LogP contribution in [-0.2, 0) is 19.6 Å². The maximum absolute atomic E-state index is 12.4. The van der Waals surface area contributed by atoms with Crippen LogP contribution in [0.4, 0.5) is 0 Å². The van der Waals surface area contributed by atoms with Crippen molar-refractivity contribution in [1.82, 2.24) is 4.31 Å². The molecule has 6 nitrogen and oxygen atoms in total. The van der Waals surface area contributed by atoms with E-state index in [2.05, 4.69) is 4.74 Å². The average Bonchev–Trinajstić information content (AvgIpc) is 2.47. The minimum atomic E-state index is -3.53. The molecule has 1 aliphatic rings. The Hall–Kier alpha value is -1.44. The number of ether oxygens (including phenoxy) is 1. The second-order valence-corrected chi connectivity index (χ2v) is 6.27. The number of sulfonamides is 1. The molecule has 0 aliphatic carbocycles. The van der Waals surface area contributed by atoms with Crippen molar-refractivity contribution in [3.63, 3.8) is 0 Å². The van der Waals surface area contributed by atoms with Crippen LogP contribution in [0.3, 0.4) is 0 Å². The molecular weight excluding hydrogens is 268 g/mol. The van der Waals surface area contributed by atoms with E-state index in [4.69, 9.17) is 0 Å². The Morgan fingerprint density at radius 1 is 1.37 bits per heavy atom. The highest BCUT2D eigenvalue weighted by atomic mass is 32.2. The number of carbonyl (C=O) groups excluding carboxylic acids is 1. The van der Waals surface area contributed by atoms with Crippen molar-refractivity contribution in [1.29, 1.82) is 0 Å². The van der Waals surface area contributed by atoms with Crippen molar-refractivity contribution in [3.05, 3.63) is 30.3 Å². The molecule has 1 heterocycles. The Balaban J connectivity index is 2.20. The molecule has 0 radical (unpaired) electrons. The Morgan fingerprint density at radius 3 is 2.68 bits per heavy atom. The van der Waals surface area contributed by atoms with E-state index in [1.54, 1.807) is 30.3 Å². The van der Waals surface area contributed by atoms with E-state index < -0.39 is 22.0 Å². The van der Waals surface area contributed by atoms with Crippen molar-refractivity contribution in [2.45, 2.75) is 10.9 Å². The molecule has 7 heteroatoms. The first-order valence-electron chi connectivity index (χ1n) is 6.02. The van der Waals surface area contributed by atoms with Crippen LogP contribution in [-0.4, -0.2) is 51.5 Å². The highest BCUT2D eigenvalue weighted by Crippen LogP contribution is 2.15. The van der Waals surface area contributed by atoms with E-state index in [-0.39, 0.29) is 11.4 Å². The summed E-state index contributed by atoms with van der Waals surface area (Å²) in [6, 6.07) is 7.75. The molecule has 1 aromatic carbocycles. The Bertz CT molecular complexity index is 544. The Labute approximate surface area is 112 Å². The summed E-state index contributed by atoms with van der Waals surface area (Å²) in [5, 5.41) is 1.81. The van der Waals surface area contributed by atoms with Gasteiger partial charge in [-0.15, -0.1) is 0 Å². The Kier molecular flexibility index (Phi) is 4.18. The number of methoxy groups -OCH3 is 1. The van der Waals surface area contributed by atoms with E-state index in [0.717, 1.165) is 0 Å². The lowest BCUT2D eigenvalue weighted by Gasteiger charge is -2.28. The summed E-state index contributed by atoms with van der Waals surface area (Å²) in [6.45, 7) is 1.08. The van der Waals surface area contributed by atoms with E-state index >= 15 is 0 Å². The molecule has 1 fully saturated rings. The first kappa shape index (κ1) is 14.0. The summed E-state index contributed by atoms with van der Waals surface area (Å²) >= 11 is 0. The van der Waals surface area contributed by atoms with Crippen molar-refractivity contribution in [3.8, 4) is 0 Å². The number of piperazine rings is 1. The summed E-state index contributed by atoms with van der Waals surface area (Å²) < 4.78 is 30.8. The fourth-order valence-electron chi connectivity index (χ4n) is 2.09. The largest absolute Gasteiger partial charge is 0.465 e. The van der Waals surface area contributed by atoms with Crippen molar-refractivity contribution in [2.75, 3.05) is 26.7 Å². The molecule has 0 amide bonds. The third-order valence-corrected chi connectivity index (χ3v) is 4.99. The van der Waals surface area contributed by atoms with Gasteiger partial charge in [-0.2, -0.15) is 4.31 Å². The van der Waals surface area contributed by atoms with Gasteiger partial charge in [0.15, 0.2) is 6.04 Å². The number of rotatable bonds is 3. The summed E-state index contributed by atoms with van der Waals surface area (Å²) in [5.41, 5.74) is 0. The summed E-state index contributed by atoms with van der Waals surface area (Å²) in [5.74, 6) is -0.395. The van der Waals surface area contributed by atoms with Crippen molar-refractivity contribution < 1.29 is 23.3 Å². The monoisotopic (exact) mass is 285 g/mol. The third kappa shape index (κ3) is 2.94. The second-order valence-electron chi connectivity index (χ2n) is 4.33. The van der Waals surface area contributed by atoms with Crippen LogP contribution in [0, 0.1) is 0 Å². The number of hydrogen-bond acceptors (Lipinski definition) is 4. The first-order chi connectivity index (χ1) is 9.05. The molecule has 1 saturated heterocycles. The number of quaternary nitrogens is 1. The second kappa shape index (κ2) is 5.68. The maximum atomic E-state index is 12.4. The van der Waals surface area contributed by atoms with Crippen LogP contribution in [0.1, 0.15) is 0 Å². The molecule has 2 N–H and O–H groups in total. The topological polar surface area (TPSA) is 80.3 Å². The van der Waals surface area contributed by atoms with Gasteiger partial charge in [-0.3, -0.25) is 0 Å². The third-order valence-electron chi connectivity index (χ3n) is 3.11. The predicted octanol–water partition coefficient (Wildman–Crippen LogP) is -1.20. The molecule has 0 unspecified atom stereocenters. The summed E-state index contributed by atoms with van der Waals surface area (Å²) in [6.07, 6.45) is 0. The standard InChI is InChI=1S/C12H16N2O4S/c1-18-12(15)11-9-14(8-7-13-11)19(16,17)10-5-3-2-4-6-10/h2-6,11,13H,7-9H2,1H3/p+1/t11-/m0/s1. The van der Waals surface area contributed by atoms with Gasteiger partial charge in [0.25, 0.3) is 0 Å². The summed E-state index contributed by atoms with van der Waals surface area (Å²) in [4.78, 5) is 11.8. The maximum Gasteiger partial charge on any atom is 0.365 e. The van der Waals surface area contributed by atoms with Gasteiger partial charge >= 0.3 is 5.97 Å². The highest BCUT2D eigenvalue weighted by molar-refractivity contribution is 7.89. The van der Waals surface area contributed by atoms with Crippen molar-refractivity contribution in [2.24, 2.45) is 0 Å². The predicted molar refractivity (Wildman–Crippen MR) is 67.8 cm³/mol. The van der Waals surface area contributed by atoms with Crippen LogP contribution in [0.25, 0.3) is 0 Å². The molecule has 19 heavy (non-hydrogen) atoms. The van der Waals surface area contributed by atoms with Gasteiger partial charge in [-0.05, 0) is 12.1 Å². The van der Waals surface area contributed by atoms with Crippen molar-refractivity contribution >= 4 is 16.0 Å². The average molecular weight is 285 g/mol. The molecule has 1 aliphatic heterocycles. The molecule has 2 rings (SSSR count). The van der Waals surface area contributed by atoms with E-state index in [0.29, 0.717) is 13.1 Å². The fourth-order valence-corrected chi connectivity index (χ4v) is 3.59.